The van der Waals surface area contributed by atoms with Crippen LogP contribution in [-0.2, 0) is 11.3 Å². The van der Waals surface area contributed by atoms with Crippen LogP contribution < -0.4 is 15.4 Å². The summed E-state index contributed by atoms with van der Waals surface area (Å²) in [5.74, 6) is 0.574. The minimum Gasteiger partial charge on any atom is -0.494 e. The van der Waals surface area contributed by atoms with E-state index >= 15 is 0 Å². The van der Waals surface area contributed by atoms with Crippen LogP contribution in [0.5, 0.6) is 5.75 Å². The van der Waals surface area contributed by atoms with E-state index in [1.807, 2.05) is 37.3 Å². The molecule has 0 bridgehead atoms. The Morgan fingerprint density at radius 2 is 1.76 bits per heavy atom. The van der Waals surface area contributed by atoms with Gasteiger partial charge < -0.3 is 19.8 Å². The second-order valence-corrected chi connectivity index (χ2v) is 6.14. The summed E-state index contributed by atoms with van der Waals surface area (Å²) in [6.07, 6.45) is 3.16. The van der Waals surface area contributed by atoms with Crippen LogP contribution >= 0.6 is 0 Å². The number of rotatable bonds is 8. The molecule has 0 aliphatic rings. The number of ether oxygens (including phenoxy) is 1. The van der Waals surface area contributed by atoms with Gasteiger partial charge in [-0.25, -0.2) is 0 Å². The molecule has 0 fully saturated rings. The number of hydrogen-bond acceptors (Lipinski definition) is 4. The quantitative estimate of drug-likeness (QED) is 0.574. The Kier molecular flexibility index (Phi) is 6.84. The molecule has 3 aromatic rings. The molecule has 0 atom stereocenters. The van der Waals surface area contributed by atoms with Crippen molar-refractivity contribution in [2.75, 3.05) is 6.61 Å². The van der Waals surface area contributed by atoms with Crippen molar-refractivity contribution in [3.63, 3.8) is 0 Å². The Morgan fingerprint density at radius 1 is 1.00 bits per heavy atom. The van der Waals surface area contributed by atoms with Crippen LogP contribution in [0.15, 0.2) is 83.1 Å². The Bertz CT molecular complexity index is 962. The summed E-state index contributed by atoms with van der Waals surface area (Å²) >= 11 is 0. The van der Waals surface area contributed by atoms with E-state index in [1.165, 1.54) is 6.26 Å². The van der Waals surface area contributed by atoms with Crippen LogP contribution in [0, 0.1) is 0 Å². The number of hydrogen-bond donors (Lipinski definition) is 2. The molecule has 0 aliphatic carbocycles. The minimum atomic E-state index is -0.417. The summed E-state index contributed by atoms with van der Waals surface area (Å²) in [4.78, 5) is 25.3. The first-order chi connectivity index (χ1) is 14.2. The van der Waals surface area contributed by atoms with E-state index < -0.39 is 5.91 Å². The molecule has 2 amide bonds. The lowest BCUT2D eigenvalue weighted by molar-refractivity contribution is -0.118. The molecule has 0 radical (unpaired) electrons. The van der Waals surface area contributed by atoms with Crippen molar-refractivity contribution in [2.24, 2.45) is 0 Å². The molecule has 0 saturated carbocycles. The average Bonchev–Trinajstić information content (AvgIpc) is 3.27. The van der Waals surface area contributed by atoms with E-state index in [2.05, 4.69) is 10.6 Å². The second-order valence-electron chi connectivity index (χ2n) is 6.14. The number of amides is 2. The number of furan rings is 1. The highest BCUT2D eigenvalue weighted by Crippen LogP contribution is 2.14. The largest absolute Gasteiger partial charge is 0.494 e. The lowest BCUT2D eigenvalue weighted by Crippen LogP contribution is -2.34. The van der Waals surface area contributed by atoms with Gasteiger partial charge in [-0.2, -0.15) is 0 Å². The number of carbonyl (C=O) groups excluding carboxylic acids is 2. The monoisotopic (exact) mass is 390 g/mol. The molecule has 0 aliphatic heterocycles. The van der Waals surface area contributed by atoms with E-state index in [-0.39, 0.29) is 18.1 Å². The van der Waals surface area contributed by atoms with Gasteiger partial charge in [-0.05, 0) is 55.0 Å². The van der Waals surface area contributed by atoms with Gasteiger partial charge in [0, 0.05) is 5.56 Å². The first-order valence-corrected chi connectivity index (χ1v) is 9.27. The molecule has 29 heavy (non-hydrogen) atoms. The van der Waals surface area contributed by atoms with Gasteiger partial charge in [-0.15, -0.1) is 0 Å². The van der Waals surface area contributed by atoms with Crippen LogP contribution in [-0.4, -0.2) is 18.4 Å². The molecule has 6 nitrogen and oxygen atoms in total. The standard InChI is InChI=1S/C23H22N2O4/c1-2-28-19-12-10-17(11-13-19)15-21(23(27)24-16-20-9-6-14-29-20)25-22(26)18-7-4-3-5-8-18/h3-15H,2,16H2,1H3,(H,24,27)(H,25,26). The van der Waals surface area contributed by atoms with Crippen molar-refractivity contribution in [2.45, 2.75) is 13.5 Å². The molecule has 1 aromatic heterocycles. The summed E-state index contributed by atoms with van der Waals surface area (Å²) in [5.41, 5.74) is 1.35. The lowest BCUT2D eigenvalue weighted by Gasteiger charge is -2.11. The maximum Gasteiger partial charge on any atom is 0.268 e. The molecule has 0 spiro atoms. The summed E-state index contributed by atoms with van der Waals surface area (Å²) in [6, 6.07) is 19.5. The van der Waals surface area contributed by atoms with Crippen molar-refractivity contribution < 1.29 is 18.7 Å². The first-order valence-electron chi connectivity index (χ1n) is 9.27. The van der Waals surface area contributed by atoms with Crippen molar-refractivity contribution in [3.8, 4) is 5.75 Å². The molecule has 0 saturated heterocycles. The number of benzene rings is 2. The third-order valence-corrected chi connectivity index (χ3v) is 4.03. The molecule has 0 unspecified atom stereocenters. The molecular weight excluding hydrogens is 368 g/mol. The van der Waals surface area contributed by atoms with Crippen LogP contribution in [0.2, 0.25) is 0 Å². The fourth-order valence-corrected chi connectivity index (χ4v) is 2.61. The van der Waals surface area contributed by atoms with Crippen molar-refractivity contribution >= 4 is 17.9 Å². The van der Waals surface area contributed by atoms with Gasteiger partial charge in [-0.1, -0.05) is 30.3 Å². The summed E-state index contributed by atoms with van der Waals surface area (Å²) in [7, 11) is 0. The summed E-state index contributed by atoms with van der Waals surface area (Å²) < 4.78 is 10.7. The topological polar surface area (TPSA) is 80.6 Å². The zero-order valence-electron chi connectivity index (χ0n) is 16.1. The molecule has 6 heteroatoms. The molecule has 1 heterocycles. The molecule has 148 valence electrons. The number of carbonyl (C=O) groups is 2. The van der Waals surface area contributed by atoms with Gasteiger partial charge >= 0.3 is 0 Å². The fraction of sp³-hybridized carbons (Fsp3) is 0.130. The predicted molar refractivity (Wildman–Crippen MR) is 110 cm³/mol. The van der Waals surface area contributed by atoms with Gasteiger partial charge in [0.15, 0.2) is 0 Å². The highest BCUT2D eigenvalue weighted by atomic mass is 16.5. The SMILES string of the molecule is CCOc1ccc(C=C(NC(=O)c2ccccc2)C(=O)NCc2ccco2)cc1. The Morgan fingerprint density at radius 3 is 2.41 bits per heavy atom. The van der Waals surface area contributed by atoms with Gasteiger partial charge in [0.1, 0.15) is 17.2 Å². The minimum absolute atomic E-state index is 0.134. The first kappa shape index (κ1) is 19.9. The van der Waals surface area contributed by atoms with E-state index in [0.29, 0.717) is 17.9 Å². The smallest absolute Gasteiger partial charge is 0.268 e. The zero-order chi connectivity index (χ0) is 20.5. The second kappa shape index (κ2) is 9.94. The molecular formula is C23H22N2O4. The van der Waals surface area contributed by atoms with Gasteiger partial charge in [0.25, 0.3) is 11.8 Å². The van der Waals surface area contributed by atoms with Crippen molar-refractivity contribution in [1.29, 1.82) is 0 Å². The van der Waals surface area contributed by atoms with Gasteiger partial charge in [0.2, 0.25) is 0 Å². The van der Waals surface area contributed by atoms with Crippen LogP contribution in [0.4, 0.5) is 0 Å². The summed E-state index contributed by atoms with van der Waals surface area (Å²) in [5, 5.41) is 5.45. The van der Waals surface area contributed by atoms with Crippen molar-refractivity contribution in [1.82, 2.24) is 10.6 Å². The highest BCUT2D eigenvalue weighted by molar-refractivity contribution is 6.05. The highest BCUT2D eigenvalue weighted by Gasteiger charge is 2.15. The molecule has 2 N–H and O–H groups in total. The average molecular weight is 390 g/mol. The van der Waals surface area contributed by atoms with E-state index in [4.69, 9.17) is 9.15 Å². The lowest BCUT2D eigenvalue weighted by atomic mass is 10.1. The zero-order valence-corrected chi connectivity index (χ0v) is 16.1. The van der Waals surface area contributed by atoms with E-state index in [9.17, 15) is 9.59 Å². The van der Waals surface area contributed by atoms with Gasteiger partial charge in [0.05, 0.1) is 19.4 Å². The molecule has 2 aromatic carbocycles. The number of nitrogens with one attached hydrogen (secondary N) is 2. The van der Waals surface area contributed by atoms with Crippen LogP contribution in [0.3, 0.4) is 0 Å². The van der Waals surface area contributed by atoms with Gasteiger partial charge in [-0.3, -0.25) is 9.59 Å². The van der Waals surface area contributed by atoms with E-state index in [1.54, 1.807) is 42.5 Å². The van der Waals surface area contributed by atoms with Crippen LogP contribution in [0.1, 0.15) is 28.6 Å². The predicted octanol–water partition coefficient (Wildman–Crippen LogP) is 3.77. The Balaban J connectivity index is 1.79. The Hall–Kier alpha value is -3.80. The maximum absolute atomic E-state index is 12.7. The third-order valence-electron chi connectivity index (χ3n) is 4.03. The molecule has 3 rings (SSSR count). The third kappa shape index (κ3) is 5.84. The van der Waals surface area contributed by atoms with Crippen molar-refractivity contribution in [3.05, 3.63) is 95.6 Å². The van der Waals surface area contributed by atoms with Crippen LogP contribution in [0.25, 0.3) is 6.08 Å². The fourth-order valence-electron chi connectivity index (χ4n) is 2.61. The normalized spacial score (nSPS) is 11.0. The van der Waals surface area contributed by atoms with E-state index in [0.717, 1.165) is 11.3 Å². The Labute approximate surface area is 169 Å². The summed E-state index contributed by atoms with van der Waals surface area (Å²) in [6.45, 7) is 2.70. The maximum atomic E-state index is 12.7.